The Hall–Kier alpha value is -1.84. The lowest BCUT2D eigenvalue weighted by atomic mass is 9.94. The number of hydrogen-bond acceptors (Lipinski definition) is 2. The van der Waals surface area contributed by atoms with Crippen LogP contribution in [0.2, 0.25) is 0 Å². The SMILES string of the molecule is CCc1cccc(CC)c1NC(=O)CCN(C(C)=O)C1CCCCC1. The quantitative estimate of drug-likeness (QED) is 0.801. The third-order valence-electron chi connectivity index (χ3n) is 5.26. The minimum Gasteiger partial charge on any atom is -0.339 e. The van der Waals surface area contributed by atoms with Gasteiger partial charge in [0, 0.05) is 31.6 Å². The minimum atomic E-state index is -0.00217. The molecule has 138 valence electrons. The van der Waals surface area contributed by atoms with Crippen molar-refractivity contribution in [2.24, 2.45) is 0 Å². The molecule has 4 nitrogen and oxygen atoms in total. The zero-order valence-electron chi connectivity index (χ0n) is 15.9. The molecule has 1 aromatic carbocycles. The van der Waals surface area contributed by atoms with Gasteiger partial charge in [-0.2, -0.15) is 0 Å². The molecule has 0 unspecified atom stereocenters. The predicted octanol–water partition coefficient (Wildman–Crippen LogP) is 4.32. The predicted molar refractivity (Wildman–Crippen MR) is 103 cm³/mol. The summed E-state index contributed by atoms with van der Waals surface area (Å²) >= 11 is 0. The molecule has 0 atom stereocenters. The van der Waals surface area contributed by atoms with Crippen LogP contribution in [0.25, 0.3) is 0 Å². The number of carbonyl (C=O) groups is 2. The lowest BCUT2D eigenvalue weighted by Crippen LogP contribution is -2.41. The van der Waals surface area contributed by atoms with Crippen molar-refractivity contribution in [1.29, 1.82) is 0 Å². The van der Waals surface area contributed by atoms with Crippen LogP contribution in [0.5, 0.6) is 0 Å². The zero-order chi connectivity index (χ0) is 18.2. The van der Waals surface area contributed by atoms with Crippen molar-refractivity contribution in [2.45, 2.75) is 78.2 Å². The standard InChI is InChI=1S/C21H32N2O2/c1-4-17-10-9-11-18(5-2)21(17)22-20(25)14-15-23(16(3)24)19-12-7-6-8-13-19/h9-11,19H,4-8,12-15H2,1-3H3,(H,22,25). The van der Waals surface area contributed by atoms with E-state index in [2.05, 4.69) is 31.3 Å². The Balaban J connectivity index is 1.98. The summed E-state index contributed by atoms with van der Waals surface area (Å²) in [5.41, 5.74) is 3.30. The van der Waals surface area contributed by atoms with E-state index in [1.165, 1.54) is 30.4 Å². The lowest BCUT2D eigenvalue weighted by molar-refractivity contribution is -0.132. The summed E-state index contributed by atoms with van der Waals surface area (Å²) in [6, 6.07) is 6.50. The van der Waals surface area contributed by atoms with Gasteiger partial charge in [-0.05, 0) is 36.8 Å². The molecule has 0 aromatic heterocycles. The van der Waals surface area contributed by atoms with Crippen LogP contribution in [-0.4, -0.2) is 29.3 Å². The molecule has 0 bridgehead atoms. The van der Waals surface area contributed by atoms with Gasteiger partial charge in [0.15, 0.2) is 0 Å². The number of nitrogens with zero attached hydrogens (tertiary/aromatic N) is 1. The zero-order valence-corrected chi connectivity index (χ0v) is 15.9. The number of benzene rings is 1. The molecule has 0 aliphatic heterocycles. The van der Waals surface area contributed by atoms with E-state index < -0.39 is 0 Å². The van der Waals surface area contributed by atoms with E-state index >= 15 is 0 Å². The van der Waals surface area contributed by atoms with Crippen molar-refractivity contribution >= 4 is 17.5 Å². The van der Waals surface area contributed by atoms with E-state index in [1.807, 2.05) is 11.0 Å². The molecule has 1 fully saturated rings. The van der Waals surface area contributed by atoms with Gasteiger partial charge < -0.3 is 10.2 Å². The molecule has 1 aliphatic carbocycles. The Morgan fingerprint density at radius 3 is 2.20 bits per heavy atom. The lowest BCUT2D eigenvalue weighted by Gasteiger charge is -2.33. The number of carbonyl (C=O) groups excluding carboxylic acids is 2. The fourth-order valence-electron chi connectivity index (χ4n) is 3.82. The Bertz CT molecular complexity index is 569. The topological polar surface area (TPSA) is 49.4 Å². The third-order valence-corrected chi connectivity index (χ3v) is 5.26. The highest BCUT2D eigenvalue weighted by molar-refractivity contribution is 5.92. The summed E-state index contributed by atoms with van der Waals surface area (Å²) in [6.07, 6.45) is 7.91. The monoisotopic (exact) mass is 344 g/mol. The Morgan fingerprint density at radius 1 is 1.08 bits per heavy atom. The molecule has 0 saturated heterocycles. The molecule has 1 N–H and O–H groups in total. The van der Waals surface area contributed by atoms with E-state index in [0.717, 1.165) is 31.4 Å². The Morgan fingerprint density at radius 2 is 1.68 bits per heavy atom. The van der Waals surface area contributed by atoms with Crippen LogP contribution in [0.4, 0.5) is 5.69 Å². The summed E-state index contributed by atoms with van der Waals surface area (Å²) in [6.45, 7) is 6.34. The van der Waals surface area contributed by atoms with Gasteiger partial charge in [0.1, 0.15) is 0 Å². The highest BCUT2D eigenvalue weighted by Gasteiger charge is 2.23. The first-order valence-corrected chi connectivity index (χ1v) is 9.74. The second-order valence-corrected chi connectivity index (χ2v) is 6.96. The molecule has 25 heavy (non-hydrogen) atoms. The van der Waals surface area contributed by atoms with E-state index in [-0.39, 0.29) is 11.8 Å². The molecule has 4 heteroatoms. The minimum absolute atomic E-state index is 0.00217. The van der Waals surface area contributed by atoms with Crippen molar-refractivity contribution < 1.29 is 9.59 Å². The second kappa shape index (κ2) is 9.59. The highest BCUT2D eigenvalue weighted by Crippen LogP contribution is 2.24. The van der Waals surface area contributed by atoms with Gasteiger partial charge in [0.25, 0.3) is 0 Å². The van der Waals surface area contributed by atoms with E-state index in [0.29, 0.717) is 19.0 Å². The van der Waals surface area contributed by atoms with Crippen LogP contribution >= 0.6 is 0 Å². The average molecular weight is 344 g/mol. The fraction of sp³-hybridized carbons (Fsp3) is 0.619. The molecule has 2 rings (SSSR count). The normalized spacial score (nSPS) is 15.0. The average Bonchev–Trinajstić information content (AvgIpc) is 2.62. The van der Waals surface area contributed by atoms with Crippen LogP contribution < -0.4 is 5.32 Å². The first-order valence-electron chi connectivity index (χ1n) is 9.74. The van der Waals surface area contributed by atoms with Crippen molar-refractivity contribution in [3.05, 3.63) is 29.3 Å². The molecule has 0 spiro atoms. The van der Waals surface area contributed by atoms with E-state index in [9.17, 15) is 9.59 Å². The number of para-hydroxylation sites is 1. The summed E-state index contributed by atoms with van der Waals surface area (Å²) in [5.74, 6) is 0.0839. The van der Waals surface area contributed by atoms with Crippen molar-refractivity contribution in [2.75, 3.05) is 11.9 Å². The maximum absolute atomic E-state index is 12.5. The first-order chi connectivity index (χ1) is 12.1. The van der Waals surface area contributed by atoms with Gasteiger partial charge in [-0.3, -0.25) is 9.59 Å². The molecule has 1 saturated carbocycles. The largest absolute Gasteiger partial charge is 0.339 e. The maximum Gasteiger partial charge on any atom is 0.226 e. The molecular weight excluding hydrogens is 312 g/mol. The van der Waals surface area contributed by atoms with Crippen molar-refractivity contribution in [1.82, 2.24) is 4.90 Å². The van der Waals surface area contributed by atoms with E-state index in [1.54, 1.807) is 6.92 Å². The second-order valence-electron chi connectivity index (χ2n) is 6.96. The maximum atomic E-state index is 12.5. The van der Waals surface area contributed by atoms with Crippen LogP contribution in [0, 0.1) is 0 Å². The smallest absolute Gasteiger partial charge is 0.226 e. The summed E-state index contributed by atoms with van der Waals surface area (Å²) in [5, 5.41) is 3.10. The van der Waals surface area contributed by atoms with Gasteiger partial charge in [-0.25, -0.2) is 0 Å². The number of nitrogens with one attached hydrogen (secondary N) is 1. The molecule has 1 aliphatic rings. The molecule has 0 radical (unpaired) electrons. The van der Waals surface area contributed by atoms with Crippen LogP contribution in [0.15, 0.2) is 18.2 Å². The molecule has 0 heterocycles. The van der Waals surface area contributed by atoms with Crippen LogP contribution in [-0.2, 0) is 22.4 Å². The number of aryl methyl sites for hydroxylation is 2. The van der Waals surface area contributed by atoms with Gasteiger partial charge in [-0.15, -0.1) is 0 Å². The first kappa shape index (κ1) is 19.5. The summed E-state index contributed by atoms with van der Waals surface area (Å²) < 4.78 is 0. The Labute approximate surface area is 152 Å². The van der Waals surface area contributed by atoms with Crippen molar-refractivity contribution in [3.8, 4) is 0 Å². The third kappa shape index (κ3) is 5.32. The summed E-state index contributed by atoms with van der Waals surface area (Å²) in [7, 11) is 0. The highest BCUT2D eigenvalue weighted by atomic mass is 16.2. The van der Waals surface area contributed by atoms with Gasteiger partial charge >= 0.3 is 0 Å². The van der Waals surface area contributed by atoms with Gasteiger partial charge in [-0.1, -0.05) is 51.3 Å². The number of anilines is 1. The van der Waals surface area contributed by atoms with Crippen LogP contribution in [0.1, 0.15) is 70.4 Å². The number of rotatable bonds is 7. The van der Waals surface area contributed by atoms with E-state index in [4.69, 9.17) is 0 Å². The van der Waals surface area contributed by atoms with Gasteiger partial charge in [0.05, 0.1) is 0 Å². The van der Waals surface area contributed by atoms with Crippen LogP contribution in [0.3, 0.4) is 0 Å². The van der Waals surface area contributed by atoms with Crippen molar-refractivity contribution in [3.63, 3.8) is 0 Å². The number of hydrogen-bond donors (Lipinski definition) is 1. The fourth-order valence-corrected chi connectivity index (χ4v) is 3.82. The van der Waals surface area contributed by atoms with Gasteiger partial charge in [0.2, 0.25) is 11.8 Å². The molecular formula is C21H32N2O2. The molecule has 2 amide bonds. The number of amides is 2. The Kier molecular flexibility index (Phi) is 7.48. The summed E-state index contributed by atoms with van der Waals surface area (Å²) in [4.78, 5) is 26.4. The molecule has 1 aromatic rings.